The highest BCUT2D eigenvalue weighted by Crippen LogP contribution is 2.15. The normalized spacial score (nSPS) is 12.9. The maximum absolute atomic E-state index is 12.8. The van der Waals surface area contributed by atoms with Crippen molar-refractivity contribution < 1.29 is 28.6 Å². The molecule has 0 amide bonds. The van der Waals surface area contributed by atoms with Crippen LogP contribution in [0.4, 0.5) is 0 Å². The number of hydrogen-bond acceptors (Lipinski definition) is 6. The van der Waals surface area contributed by atoms with Gasteiger partial charge in [0.15, 0.2) is 6.10 Å². The fraction of sp³-hybridized carbons (Fsp3) is 0.661. The van der Waals surface area contributed by atoms with Crippen molar-refractivity contribution in [2.75, 3.05) is 13.2 Å². The van der Waals surface area contributed by atoms with E-state index in [-0.39, 0.29) is 31.1 Å². The number of unbranched alkanes of at least 4 members (excludes halogenated alkanes) is 20. The Morgan fingerprint density at radius 2 is 0.574 bits per heavy atom. The summed E-state index contributed by atoms with van der Waals surface area (Å²) in [6.45, 7) is 6.35. The minimum absolute atomic E-state index is 0.107. The van der Waals surface area contributed by atoms with E-state index >= 15 is 0 Å². The van der Waals surface area contributed by atoms with Gasteiger partial charge in [0, 0.05) is 19.3 Å². The third-order valence-electron chi connectivity index (χ3n) is 11.5. The molecule has 0 aromatic rings. The number of ether oxygens (including phenoxy) is 3. The molecule has 0 aromatic carbocycles. The summed E-state index contributed by atoms with van der Waals surface area (Å²) in [5.41, 5.74) is 0. The Bertz CT molecular complexity index is 1410. The fourth-order valence-electron chi connectivity index (χ4n) is 7.40. The van der Waals surface area contributed by atoms with Gasteiger partial charge in [-0.3, -0.25) is 14.4 Å². The van der Waals surface area contributed by atoms with Crippen molar-refractivity contribution in [1.29, 1.82) is 0 Å². The Hall–Kier alpha value is -3.93. The molecule has 0 spiro atoms. The van der Waals surface area contributed by atoms with Gasteiger partial charge in [-0.2, -0.15) is 0 Å². The average Bonchev–Trinajstić information content (AvgIpc) is 3.34. The highest BCUT2D eigenvalue weighted by atomic mass is 16.6. The molecule has 0 N–H and O–H groups in total. The lowest BCUT2D eigenvalue weighted by Gasteiger charge is -2.18. The molecule has 1 unspecified atom stereocenters. The molecular formula is C62H102O6. The molecule has 0 saturated heterocycles. The van der Waals surface area contributed by atoms with Gasteiger partial charge in [0.25, 0.3) is 0 Å². The summed E-state index contributed by atoms with van der Waals surface area (Å²) in [4.78, 5) is 38.1. The van der Waals surface area contributed by atoms with Gasteiger partial charge in [-0.25, -0.2) is 0 Å². The lowest BCUT2D eigenvalue weighted by Crippen LogP contribution is -2.30. The van der Waals surface area contributed by atoms with Crippen molar-refractivity contribution in [1.82, 2.24) is 0 Å². The molecule has 0 bridgehead atoms. The van der Waals surface area contributed by atoms with Gasteiger partial charge in [0.1, 0.15) is 13.2 Å². The van der Waals surface area contributed by atoms with Crippen molar-refractivity contribution in [3.63, 3.8) is 0 Å². The smallest absolute Gasteiger partial charge is 0.306 e. The average molecular weight is 943 g/mol. The predicted molar refractivity (Wildman–Crippen MR) is 293 cm³/mol. The van der Waals surface area contributed by atoms with E-state index in [1.54, 1.807) is 0 Å². The Morgan fingerprint density at radius 3 is 0.926 bits per heavy atom. The van der Waals surface area contributed by atoms with Crippen molar-refractivity contribution in [2.45, 2.75) is 252 Å². The van der Waals surface area contributed by atoms with E-state index in [0.717, 1.165) is 116 Å². The van der Waals surface area contributed by atoms with Crippen molar-refractivity contribution in [3.05, 3.63) is 109 Å². The van der Waals surface area contributed by atoms with Crippen molar-refractivity contribution in [3.8, 4) is 0 Å². The number of carbonyl (C=O) groups is 3. The van der Waals surface area contributed by atoms with Crippen LogP contribution in [0.1, 0.15) is 245 Å². The maximum atomic E-state index is 12.8. The molecule has 0 radical (unpaired) electrons. The highest BCUT2D eigenvalue weighted by molar-refractivity contribution is 5.71. The van der Waals surface area contributed by atoms with Crippen LogP contribution in [0.5, 0.6) is 0 Å². The summed E-state index contributed by atoms with van der Waals surface area (Å²) in [6.07, 6.45) is 75.1. The first-order valence-electron chi connectivity index (χ1n) is 27.9. The summed E-state index contributed by atoms with van der Waals surface area (Å²) in [5.74, 6) is -0.977. The Balaban J connectivity index is 4.48. The first-order chi connectivity index (χ1) is 33.5. The Morgan fingerprint density at radius 1 is 0.309 bits per heavy atom. The van der Waals surface area contributed by atoms with Crippen LogP contribution >= 0.6 is 0 Å². The van der Waals surface area contributed by atoms with Gasteiger partial charge in [-0.1, -0.05) is 233 Å². The Labute approximate surface area is 419 Å². The van der Waals surface area contributed by atoms with Gasteiger partial charge < -0.3 is 14.2 Å². The largest absolute Gasteiger partial charge is 0.462 e. The van der Waals surface area contributed by atoms with E-state index in [4.69, 9.17) is 14.2 Å². The summed E-state index contributed by atoms with van der Waals surface area (Å²) in [5, 5.41) is 0. The predicted octanol–water partition coefficient (Wildman–Crippen LogP) is 18.7. The first-order valence-corrected chi connectivity index (χ1v) is 27.9. The molecule has 0 aromatic heterocycles. The van der Waals surface area contributed by atoms with Crippen LogP contribution in [0, 0.1) is 0 Å². The van der Waals surface area contributed by atoms with Crippen LogP contribution in [0.2, 0.25) is 0 Å². The molecule has 0 saturated carbocycles. The van der Waals surface area contributed by atoms with E-state index < -0.39 is 6.10 Å². The molecule has 0 aliphatic heterocycles. The number of carbonyl (C=O) groups excluding carboxylic acids is 3. The molecule has 1 atom stereocenters. The standard InChI is InChI=1S/C62H102O6/c1-4-7-10-13-16-19-22-25-27-29-30-31-32-33-35-37-40-43-46-49-52-55-61(64)67-58-59(57-66-60(63)54-51-48-45-42-39-36-24-21-18-15-12-9-6-3)68-62(65)56-53-50-47-44-41-38-34-28-26-23-20-17-14-11-8-5-2/h7,9-10,12,16,18-19,21,25,27,30-31,33,35-36,39-40,43,59H,4-6,8,11,13-15,17,20,22-24,26,28-29,32,34,37-38,41-42,44-58H2,1-3H3/b10-7-,12-9-,19-16-,21-18-,27-25-,31-30-,35-33-,39-36-,43-40-. The van der Waals surface area contributed by atoms with Crippen LogP contribution in [0.25, 0.3) is 0 Å². The summed E-state index contributed by atoms with van der Waals surface area (Å²) in [6, 6.07) is 0. The monoisotopic (exact) mass is 943 g/mol. The molecule has 6 heteroatoms. The quantitative estimate of drug-likeness (QED) is 0.0262. The SMILES string of the molecule is CC/C=C\C/C=C\C/C=C\C/C=C\C/C=C\C/C=C\CCCCC(=O)OCC(COC(=O)CCCCC/C=C\C/C=C\C/C=C\CC)OC(=O)CCCCCCCCCCCCCCCCCC. The van der Waals surface area contributed by atoms with Crippen molar-refractivity contribution >= 4 is 17.9 Å². The van der Waals surface area contributed by atoms with E-state index in [2.05, 4.69) is 130 Å². The zero-order valence-corrected chi connectivity index (χ0v) is 44.1. The number of esters is 3. The van der Waals surface area contributed by atoms with Gasteiger partial charge in [-0.05, 0) is 103 Å². The van der Waals surface area contributed by atoms with Crippen LogP contribution in [-0.2, 0) is 28.6 Å². The topological polar surface area (TPSA) is 78.9 Å². The molecule has 68 heavy (non-hydrogen) atoms. The lowest BCUT2D eigenvalue weighted by molar-refractivity contribution is -0.167. The summed E-state index contributed by atoms with van der Waals surface area (Å²) >= 11 is 0. The number of rotatable bonds is 49. The van der Waals surface area contributed by atoms with Gasteiger partial charge >= 0.3 is 17.9 Å². The second-order valence-corrected chi connectivity index (χ2v) is 18.1. The molecule has 0 aliphatic carbocycles. The molecule has 0 heterocycles. The third-order valence-corrected chi connectivity index (χ3v) is 11.5. The molecular weight excluding hydrogens is 841 g/mol. The lowest BCUT2D eigenvalue weighted by atomic mass is 10.0. The zero-order valence-electron chi connectivity index (χ0n) is 44.1. The van der Waals surface area contributed by atoms with E-state index in [1.807, 2.05) is 0 Å². The second-order valence-electron chi connectivity index (χ2n) is 18.1. The second kappa shape index (κ2) is 55.7. The minimum atomic E-state index is -0.808. The number of allylic oxidation sites excluding steroid dienone is 18. The van der Waals surface area contributed by atoms with Gasteiger partial charge in [0.05, 0.1) is 0 Å². The molecule has 0 aliphatic rings. The van der Waals surface area contributed by atoms with E-state index in [0.29, 0.717) is 25.7 Å². The van der Waals surface area contributed by atoms with E-state index in [1.165, 1.54) is 83.5 Å². The van der Waals surface area contributed by atoms with Gasteiger partial charge in [0.2, 0.25) is 0 Å². The van der Waals surface area contributed by atoms with Gasteiger partial charge in [-0.15, -0.1) is 0 Å². The first kappa shape index (κ1) is 64.1. The minimum Gasteiger partial charge on any atom is -0.462 e. The fourth-order valence-corrected chi connectivity index (χ4v) is 7.40. The maximum Gasteiger partial charge on any atom is 0.306 e. The molecule has 6 nitrogen and oxygen atoms in total. The summed E-state index contributed by atoms with van der Waals surface area (Å²) in [7, 11) is 0. The van der Waals surface area contributed by atoms with E-state index in [9.17, 15) is 14.4 Å². The van der Waals surface area contributed by atoms with Crippen LogP contribution in [0.15, 0.2) is 109 Å². The Kier molecular flexibility index (Phi) is 52.4. The summed E-state index contributed by atoms with van der Waals surface area (Å²) < 4.78 is 16.8. The zero-order chi connectivity index (χ0) is 49.3. The highest BCUT2D eigenvalue weighted by Gasteiger charge is 2.19. The van der Waals surface area contributed by atoms with Crippen LogP contribution in [0.3, 0.4) is 0 Å². The molecule has 0 rings (SSSR count). The molecule has 386 valence electrons. The van der Waals surface area contributed by atoms with Crippen LogP contribution in [-0.4, -0.2) is 37.2 Å². The third kappa shape index (κ3) is 53.0. The molecule has 0 fully saturated rings. The van der Waals surface area contributed by atoms with Crippen molar-refractivity contribution in [2.24, 2.45) is 0 Å². The van der Waals surface area contributed by atoms with Crippen LogP contribution < -0.4 is 0 Å². The number of hydrogen-bond donors (Lipinski definition) is 0.